The van der Waals surface area contributed by atoms with Crippen molar-refractivity contribution in [2.75, 3.05) is 6.54 Å². The Labute approximate surface area is 132 Å². The molecule has 2 aromatic rings. The second-order valence-corrected chi connectivity index (χ2v) is 5.80. The van der Waals surface area contributed by atoms with Gasteiger partial charge in [-0.05, 0) is 31.2 Å². The van der Waals surface area contributed by atoms with E-state index in [-0.39, 0.29) is 18.1 Å². The van der Waals surface area contributed by atoms with Crippen LogP contribution in [0.25, 0.3) is 5.57 Å². The molecule has 3 N–H and O–H groups in total. The van der Waals surface area contributed by atoms with Crippen molar-refractivity contribution in [2.45, 2.75) is 19.9 Å². The predicted octanol–water partition coefficient (Wildman–Crippen LogP) is 2.14. The number of hydrogen-bond acceptors (Lipinski definition) is 5. The lowest BCUT2D eigenvalue weighted by molar-refractivity contribution is 0.0945. The molecule has 2 rings (SSSR count). The van der Waals surface area contributed by atoms with Crippen molar-refractivity contribution in [1.82, 2.24) is 15.3 Å². The summed E-state index contributed by atoms with van der Waals surface area (Å²) in [4.78, 5) is 21.2. The molecule has 0 aliphatic heterocycles. The van der Waals surface area contributed by atoms with E-state index >= 15 is 0 Å². The minimum Gasteiger partial charge on any atom is -0.345 e. The molecule has 0 spiro atoms. The smallest absolute Gasteiger partial charge is 0.271 e. The highest BCUT2D eigenvalue weighted by Crippen LogP contribution is 2.25. The van der Waals surface area contributed by atoms with Crippen molar-refractivity contribution < 1.29 is 9.18 Å². The van der Waals surface area contributed by atoms with Crippen LogP contribution in [0.3, 0.4) is 0 Å². The molecule has 0 radical (unpaired) electrons. The SMILES string of the molecule is C=C(C)c1sc(CCN)nc1C(=O)NCc1ncccc1F. The minimum absolute atomic E-state index is 0.00485. The number of carbonyl (C=O) groups is 1. The fourth-order valence-electron chi connectivity index (χ4n) is 1.83. The monoisotopic (exact) mass is 320 g/mol. The average molecular weight is 320 g/mol. The van der Waals surface area contributed by atoms with Gasteiger partial charge in [0.15, 0.2) is 0 Å². The van der Waals surface area contributed by atoms with Gasteiger partial charge in [-0.2, -0.15) is 0 Å². The Morgan fingerprint density at radius 1 is 1.55 bits per heavy atom. The zero-order chi connectivity index (χ0) is 16.1. The summed E-state index contributed by atoms with van der Waals surface area (Å²) < 4.78 is 13.5. The van der Waals surface area contributed by atoms with Crippen molar-refractivity contribution in [2.24, 2.45) is 5.73 Å². The Bertz CT molecular complexity index is 699. The molecule has 7 heteroatoms. The van der Waals surface area contributed by atoms with Crippen LogP contribution >= 0.6 is 11.3 Å². The number of thiazole rings is 1. The van der Waals surface area contributed by atoms with E-state index in [4.69, 9.17) is 5.73 Å². The molecule has 0 aliphatic carbocycles. The lowest BCUT2D eigenvalue weighted by atomic mass is 10.2. The summed E-state index contributed by atoms with van der Waals surface area (Å²) >= 11 is 1.40. The number of amides is 1. The predicted molar refractivity (Wildman–Crippen MR) is 84.9 cm³/mol. The third-order valence-corrected chi connectivity index (χ3v) is 4.16. The molecule has 0 bridgehead atoms. The van der Waals surface area contributed by atoms with Gasteiger partial charge in [-0.3, -0.25) is 9.78 Å². The van der Waals surface area contributed by atoms with Gasteiger partial charge >= 0.3 is 0 Å². The highest BCUT2D eigenvalue weighted by atomic mass is 32.1. The molecule has 116 valence electrons. The van der Waals surface area contributed by atoms with Crippen molar-refractivity contribution in [3.63, 3.8) is 0 Å². The van der Waals surface area contributed by atoms with Crippen LogP contribution in [0.2, 0.25) is 0 Å². The molecule has 0 saturated carbocycles. The molecule has 1 amide bonds. The zero-order valence-corrected chi connectivity index (χ0v) is 13.0. The highest BCUT2D eigenvalue weighted by molar-refractivity contribution is 7.13. The fourth-order valence-corrected chi connectivity index (χ4v) is 2.84. The van der Waals surface area contributed by atoms with Crippen LogP contribution in [0.4, 0.5) is 4.39 Å². The Hall–Kier alpha value is -2.12. The third kappa shape index (κ3) is 3.75. The Balaban J connectivity index is 2.15. The van der Waals surface area contributed by atoms with Crippen LogP contribution in [0.15, 0.2) is 24.9 Å². The molecule has 5 nitrogen and oxygen atoms in total. The van der Waals surface area contributed by atoms with Gasteiger partial charge in [-0.1, -0.05) is 6.58 Å². The maximum absolute atomic E-state index is 13.5. The molecular weight excluding hydrogens is 303 g/mol. The number of aromatic nitrogens is 2. The normalized spacial score (nSPS) is 10.5. The fraction of sp³-hybridized carbons (Fsp3) is 0.267. The van der Waals surface area contributed by atoms with Gasteiger partial charge in [-0.25, -0.2) is 9.37 Å². The van der Waals surface area contributed by atoms with Crippen molar-refractivity contribution in [1.29, 1.82) is 0 Å². The molecule has 0 atom stereocenters. The van der Waals surface area contributed by atoms with Gasteiger partial charge in [0.1, 0.15) is 11.5 Å². The van der Waals surface area contributed by atoms with Crippen LogP contribution in [0, 0.1) is 5.82 Å². The molecule has 2 heterocycles. The number of allylic oxidation sites excluding steroid dienone is 1. The van der Waals surface area contributed by atoms with Crippen molar-refractivity contribution >= 4 is 22.8 Å². The van der Waals surface area contributed by atoms with E-state index in [2.05, 4.69) is 21.9 Å². The molecule has 0 unspecified atom stereocenters. The number of nitrogens with zero attached hydrogens (tertiary/aromatic N) is 2. The molecule has 0 fully saturated rings. The first-order chi connectivity index (χ1) is 10.5. The summed E-state index contributed by atoms with van der Waals surface area (Å²) in [6, 6.07) is 2.80. The number of carbonyl (C=O) groups excluding carboxylic acids is 1. The van der Waals surface area contributed by atoms with Crippen LogP contribution in [-0.4, -0.2) is 22.4 Å². The highest BCUT2D eigenvalue weighted by Gasteiger charge is 2.18. The number of nitrogens with one attached hydrogen (secondary N) is 1. The first-order valence-corrected chi connectivity index (χ1v) is 7.57. The van der Waals surface area contributed by atoms with Gasteiger partial charge in [0.05, 0.1) is 22.1 Å². The van der Waals surface area contributed by atoms with E-state index in [1.54, 1.807) is 0 Å². The first-order valence-electron chi connectivity index (χ1n) is 6.76. The van der Waals surface area contributed by atoms with Gasteiger partial charge in [0.2, 0.25) is 0 Å². The lowest BCUT2D eigenvalue weighted by Gasteiger charge is -2.05. The second kappa shape index (κ2) is 7.24. The zero-order valence-electron chi connectivity index (χ0n) is 12.2. The summed E-state index contributed by atoms with van der Waals surface area (Å²) in [6.07, 6.45) is 2.08. The summed E-state index contributed by atoms with van der Waals surface area (Å²) in [5.74, 6) is -0.826. The number of rotatable bonds is 6. The van der Waals surface area contributed by atoms with E-state index in [0.29, 0.717) is 18.7 Å². The molecule has 0 aliphatic rings. The summed E-state index contributed by atoms with van der Waals surface area (Å²) in [7, 11) is 0. The van der Waals surface area contributed by atoms with Gasteiger partial charge in [-0.15, -0.1) is 11.3 Å². The summed E-state index contributed by atoms with van der Waals surface area (Å²) in [5.41, 5.74) is 6.76. The van der Waals surface area contributed by atoms with Gasteiger partial charge in [0.25, 0.3) is 5.91 Å². The van der Waals surface area contributed by atoms with E-state index in [1.807, 2.05) is 6.92 Å². The van der Waals surface area contributed by atoms with Gasteiger partial charge < -0.3 is 11.1 Å². The number of pyridine rings is 1. The van der Waals surface area contributed by atoms with Gasteiger partial charge in [0, 0.05) is 12.6 Å². The molecule has 22 heavy (non-hydrogen) atoms. The van der Waals surface area contributed by atoms with Crippen LogP contribution in [0.1, 0.15) is 33.0 Å². The Kier molecular flexibility index (Phi) is 5.35. The molecule has 0 aromatic carbocycles. The van der Waals surface area contributed by atoms with Crippen molar-refractivity contribution in [3.8, 4) is 0 Å². The molecule has 2 aromatic heterocycles. The quantitative estimate of drug-likeness (QED) is 0.854. The standard InChI is InChI=1S/C15H17FN4OS/c1-9(2)14-13(20-12(22-14)5-6-17)15(21)19-8-11-10(16)4-3-7-18-11/h3-4,7H,1,5-6,8,17H2,2H3,(H,19,21). The van der Waals surface area contributed by atoms with E-state index in [9.17, 15) is 9.18 Å². The lowest BCUT2D eigenvalue weighted by Crippen LogP contribution is -2.25. The maximum atomic E-state index is 13.5. The maximum Gasteiger partial charge on any atom is 0.271 e. The summed E-state index contributed by atoms with van der Waals surface area (Å²) in [5, 5.41) is 3.42. The van der Waals surface area contributed by atoms with Crippen LogP contribution < -0.4 is 11.1 Å². The van der Waals surface area contributed by atoms with E-state index in [0.717, 1.165) is 15.5 Å². The topological polar surface area (TPSA) is 80.9 Å². The average Bonchev–Trinajstić information content (AvgIpc) is 2.91. The summed E-state index contributed by atoms with van der Waals surface area (Å²) in [6.45, 7) is 6.14. The van der Waals surface area contributed by atoms with E-state index < -0.39 is 5.82 Å². The second-order valence-electron chi connectivity index (χ2n) is 4.72. The van der Waals surface area contributed by atoms with Crippen LogP contribution in [0.5, 0.6) is 0 Å². The Morgan fingerprint density at radius 3 is 2.95 bits per heavy atom. The molecule has 0 saturated heterocycles. The third-order valence-electron chi connectivity index (χ3n) is 2.88. The van der Waals surface area contributed by atoms with Crippen LogP contribution in [-0.2, 0) is 13.0 Å². The Morgan fingerprint density at radius 2 is 2.32 bits per heavy atom. The van der Waals surface area contributed by atoms with Crippen molar-refractivity contribution in [3.05, 3.63) is 52.0 Å². The number of halogens is 1. The first kappa shape index (κ1) is 16.3. The number of nitrogens with two attached hydrogens (primary N) is 1. The minimum atomic E-state index is -0.454. The molecular formula is C15H17FN4OS. The largest absolute Gasteiger partial charge is 0.345 e. The van der Waals surface area contributed by atoms with E-state index in [1.165, 1.54) is 29.7 Å². The number of hydrogen-bond donors (Lipinski definition) is 2.